The summed E-state index contributed by atoms with van der Waals surface area (Å²) in [5, 5.41) is 0. The maximum Gasteiger partial charge on any atom is 0.0171 e. The lowest BCUT2D eigenvalue weighted by Gasteiger charge is -2.23. The highest BCUT2D eigenvalue weighted by Crippen LogP contribution is 2.10. The number of unbranched alkanes of at least 4 members (excludes halogenated alkanes) is 1. The van der Waals surface area contributed by atoms with Crippen molar-refractivity contribution in [3.05, 3.63) is 12.3 Å². The number of allylic oxidation sites excluding steroid dienone is 1. The van der Waals surface area contributed by atoms with Crippen LogP contribution >= 0.6 is 0 Å². The van der Waals surface area contributed by atoms with Gasteiger partial charge in [-0.05, 0) is 12.3 Å². The molecule has 0 aromatic carbocycles. The Balaban J connectivity index is 3.64. The van der Waals surface area contributed by atoms with E-state index in [1.54, 1.807) is 0 Å². The smallest absolute Gasteiger partial charge is 0.0171 e. The van der Waals surface area contributed by atoms with Crippen molar-refractivity contribution in [1.82, 2.24) is 4.90 Å². The van der Waals surface area contributed by atoms with E-state index in [0.29, 0.717) is 5.92 Å². The summed E-state index contributed by atoms with van der Waals surface area (Å²) in [4.78, 5) is 2.26. The lowest BCUT2D eigenvalue weighted by atomic mass is 10.1. The molecule has 0 spiro atoms. The van der Waals surface area contributed by atoms with Gasteiger partial charge in [-0.3, -0.25) is 0 Å². The topological polar surface area (TPSA) is 3.24 Å². The fourth-order valence-corrected chi connectivity index (χ4v) is 0.980. The SMILES string of the molecule is C=C(C(C)C)N(C)CCCC. The predicted octanol–water partition coefficient (Wildman–Crippen LogP) is 2.89. The highest BCUT2D eigenvalue weighted by atomic mass is 15.1. The van der Waals surface area contributed by atoms with Crippen LogP contribution in [0.1, 0.15) is 33.6 Å². The number of nitrogens with zero attached hydrogens (tertiary/aromatic N) is 1. The Labute approximate surface area is 71.1 Å². The van der Waals surface area contributed by atoms with Crippen molar-refractivity contribution in [2.24, 2.45) is 5.92 Å². The Hall–Kier alpha value is -0.460. The van der Waals surface area contributed by atoms with Gasteiger partial charge in [0.2, 0.25) is 0 Å². The standard InChI is InChI=1S/C10H21N/c1-6-7-8-11(5)10(4)9(2)3/h9H,4,6-8H2,1-3,5H3. The average molecular weight is 155 g/mol. The van der Waals surface area contributed by atoms with Gasteiger partial charge in [-0.15, -0.1) is 0 Å². The molecule has 0 atom stereocenters. The summed E-state index contributed by atoms with van der Waals surface area (Å²) >= 11 is 0. The number of hydrogen-bond acceptors (Lipinski definition) is 1. The Kier molecular flexibility index (Phi) is 5.01. The molecular weight excluding hydrogens is 134 g/mol. The van der Waals surface area contributed by atoms with Crippen molar-refractivity contribution in [2.75, 3.05) is 13.6 Å². The minimum Gasteiger partial charge on any atom is -0.378 e. The molecule has 0 bridgehead atoms. The van der Waals surface area contributed by atoms with Gasteiger partial charge < -0.3 is 4.90 Å². The molecule has 1 heteroatoms. The van der Waals surface area contributed by atoms with Gasteiger partial charge in [-0.1, -0.05) is 33.8 Å². The van der Waals surface area contributed by atoms with E-state index in [1.165, 1.54) is 18.5 Å². The van der Waals surface area contributed by atoms with Crippen LogP contribution in [0.3, 0.4) is 0 Å². The van der Waals surface area contributed by atoms with Gasteiger partial charge in [0.1, 0.15) is 0 Å². The highest BCUT2D eigenvalue weighted by molar-refractivity contribution is 4.95. The normalized spacial score (nSPS) is 10.3. The molecule has 0 aliphatic rings. The molecule has 0 fully saturated rings. The van der Waals surface area contributed by atoms with Crippen LogP contribution in [0.25, 0.3) is 0 Å². The first-order valence-corrected chi connectivity index (χ1v) is 4.49. The summed E-state index contributed by atoms with van der Waals surface area (Å²) < 4.78 is 0. The zero-order chi connectivity index (χ0) is 8.85. The van der Waals surface area contributed by atoms with E-state index in [9.17, 15) is 0 Å². The Bertz CT molecular complexity index is 116. The molecule has 0 saturated heterocycles. The first-order valence-electron chi connectivity index (χ1n) is 4.49. The molecule has 1 nitrogen and oxygen atoms in total. The Morgan fingerprint density at radius 1 is 1.45 bits per heavy atom. The third-order valence-electron chi connectivity index (χ3n) is 2.00. The molecule has 0 radical (unpaired) electrons. The van der Waals surface area contributed by atoms with Gasteiger partial charge >= 0.3 is 0 Å². The van der Waals surface area contributed by atoms with Gasteiger partial charge in [0.15, 0.2) is 0 Å². The number of hydrogen-bond donors (Lipinski definition) is 0. The second-order valence-electron chi connectivity index (χ2n) is 3.42. The van der Waals surface area contributed by atoms with Gasteiger partial charge in [0.25, 0.3) is 0 Å². The molecule has 0 aromatic heterocycles. The van der Waals surface area contributed by atoms with E-state index < -0.39 is 0 Å². The van der Waals surface area contributed by atoms with E-state index >= 15 is 0 Å². The van der Waals surface area contributed by atoms with Gasteiger partial charge in [-0.25, -0.2) is 0 Å². The maximum atomic E-state index is 4.03. The predicted molar refractivity (Wildman–Crippen MR) is 51.5 cm³/mol. The van der Waals surface area contributed by atoms with E-state index in [1.807, 2.05) is 0 Å². The van der Waals surface area contributed by atoms with Crippen LogP contribution in [0.4, 0.5) is 0 Å². The summed E-state index contributed by atoms with van der Waals surface area (Å²) in [6.07, 6.45) is 2.53. The van der Waals surface area contributed by atoms with Crippen molar-refractivity contribution >= 4 is 0 Å². The summed E-state index contributed by atoms with van der Waals surface area (Å²) in [6, 6.07) is 0. The monoisotopic (exact) mass is 155 g/mol. The van der Waals surface area contributed by atoms with Crippen molar-refractivity contribution in [1.29, 1.82) is 0 Å². The largest absolute Gasteiger partial charge is 0.378 e. The van der Waals surface area contributed by atoms with Gasteiger partial charge in [-0.2, -0.15) is 0 Å². The van der Waals surface area contributed by atoms with E-state index in [0.717, 1.165) is 6.54 Å². The van der Waals surface area contributed by atoms with Gasteiger partial charge in [0.05, 0.1) is 0 Å². The van der Waals surface area contributed by atoms with Gasteiger partial charge in [0, 0.05) is 19.3 Å². The van der Waals surface area contributed by atoms with E-state index in [4.69, 9.17) is 0 Å². The van der Waals surface area contributed by atoms with Crippen LogP contribution in [0.5, 0.6) is 0 Å². The molecule has 0 aliphatic heterocycles. The maximum absolute atomic E-state index is 4.03. The third kappa shape index (κ3) is 4.07. The lowest BCUT2D eigenvalue weighted by Crippen LogP contribution is -2.21. The molecule has 66 valence electrons. The van der Waals surface area contributed by atoms with Crippen LogP contribution in [0, 0.1) is 5.92 Å². The zero-order valence-corrected chi connectivity index (χ0v) is 8.35. The number of rotatable bonds is 5. The molecule has 0 rings (SSSR count). The lowest BCUT2D eigenvalue weighted by molar-refractivity contribution is 0.368. The van der Waals surface area contributed by atoms with Crippen LogP contribution in [-0.2, 0) is 0 Å². The molecule has 0 heterocycles. The van der Waals surface area contributed by atoms with Crippen LogP contribution in [0.2, 0.25) is 0 Å². The Morgan fingerprint density at radius 3 is 2.36 bits per heavy atom. The molecule has 0 saturated carbocycles. The summed E-state index contributed by atoms with van der Waals surface area (Å²) in [5.74, 6) is 0.580. The molecule has 0 aromatic rings. The highest BCUT2D eigenvalue weighted by Gasteiger charge is 2.04. The van der Waals surface area contributed by atoms with Crippen molar-refractivity contribution in [3.63, 3.8) is 0 Å². The molecule has 0 aliphatic carbocycles. The Morgan fingerprint density at radius 2 is 2.00 bits per heavy atom. The quantitative estimate of drug-likeness (QED) is 0.590. The van der Waals surface area contributed by atoms with Crippen molar-refractivity contribution < 1.29 is 0 Å². The fraction of sp³-hybridized carbons (Fsp3) is 0.800. The minimum atomic E-state index is 0.580. The molecule has 0 N–H and O–H groups in total. The molecule has 0 amide bonds. The fourth-order valence-electron chi connectivity index (χ4n) is 0.980. The third-order valence-corrected chi connectivity index (χ3v) is 2.00. The first kappa shape index (κ1) is 10.5. The van der Waals surface area contributed by atoms with Crippen LogP contribution in [0.15, 0.2) is 12.3 Å². The van der Waals surface area contributed by atoms with E-state index in [-0.39, 0.29) is 0 Å². The minimum absolute atomic E-state index is 0.580. The van der Waals surface area contributed by atoms with Crippen LogP contribution < -0.4 is 0 Å². The second kappa shape index (κ2) is 5.22. The molecular formula is C10H21N. The second-order valence-corrected chi connectivity index (χ2v) is 3.42. The van der Waals surface area contributed by atoms with E-state index in [2.05, 4.69) is 39.3 Å². The summed E-state index contributed by atoms with van der Waals surface area (Å²) in [5.41, 5.74) is 1.25. The molecule has 0 unspecified atom stereocenters. The zero-order valence-electron chi connectivity index (χ0n) is 8.35. The summed E-state index contributed by atoms with van der Waals surface area (Å²) in [6.45, 7) is 11.8. The molecule has 11 heavy (non-hydrogen) atoms. The van der Waals surface area contributed by atoms with Crippen molar-refractivity contribution in [2.45, 2.75) is 33.6 Å². The summed E-state index contributed by atoms with van der Waals surface area (Å²) in [7, 11) is 2.12. The van der Waals surface area contributed by atoms with Crippen LogP contribution in [-0.4, -0.2) is 18.5 Å². The van der Waals surface area contributed by atoms with Crippen molar-refractivity contribution in [3.8, 4) is 0 Å². The average Bonchev–Trinajstić information content (AvgIpc) is 1.98. The first-order chi connectivity index (χ1) is 5.09.